The van der Waals surface area contributed by atoms with Gasteiger partial charge in [0.2, 0.25) is 5.75 Å². The van der Waals surface area contributed by atoms with E-state index in [1.54, 1.807) is 6.92 Å². The Hall–Kier alpha value is -2.37. The Balaban J connectivity index is 2.83. The van der Waals surface area contributed by atoms with Crippen LogP contribution in [-0.2, 0) is 11.2 Å². The van der Waals surface area contributed by atoms with Gasteiger partial charge in [-0.25, -0.2) is 0 Å². The average Bonchev–Trinajstić information content (AvgIpc) is 2.36. The molecule has 1 aliphatic rings. The number of nitrogens with zero attached hydrogens (tertiary/aromatic N) is 1. The number of rotatable bonds is 3. The van der Waals surface area contributed by atoms with Crippen LogP contribution in [-0.4, -0.2) is 24.9 Å². The summed E-state index contributed by atoms with van der Waals surface area (Å²) in [6.07, 6.45) is 1.62. The summed E-state index contributed by atoms with van der Waals surface area (Å²) in [5.74, 6) is 0.449. The number of ketones is 1. The zero-order valence-corrected chi connectivity index (χ0v) is 10.9. The van der Waals surface area contributed by atoms with E-state index in [2.05, 4.69) is 0 Å². The average molecular weight is 263 g/mol. The molecule has 1 aromatic carbocycles. The lowest BCUT2D eigenvalue weighted by Gasteiger charge is -2.20. The first-order chi connectivity index (χ1) is 8.99. The first kappa shape index (κ1) is 13.1. The van der Waals surface area contributed by atoms with Crippen LogP contribution in [0.1, 0.15) is 18.1 Å². The number of allylic oxidation sites excluding steroid dienone is 2. The minimum Gasteiger partial charge on any atom is -0.496 e. The molecule has 1 aromatic rings. The Morgan fingerprint density at radius 3 is 2.53 bits per heavy atom. The van der Waals surface area contributed by atoms with E-state index < -0.39 is 4.92 Å². The van der Waals surface area contributed by atoms with Crippen LogP contribution in [0.15, 0.2) is 12.1 Å². The number of hydrogen-bond donors (Lipinski definition) is 0. The molecule has 0 saturated heterocycles. The van der Waals surface area contributed by atoms with Crippen LogP contribution >= 0.6 is 0 Å². The molecule has 0 saturated carbocycles. The summed E-state index contributed by atoms with van der Waals surface area (Å²) < 4.78 is 10.3. The van der Waals surface area contributed by atoms with Gasteiger partial charge in [-0.05, 0) is 18.6 Å². The fraction of sp³-hybridized carbons (Fsp3) is 0.308. The second-order valence-corrected chi connectivity index (χ2v) is 4.21. The number of hydrogen-bond acceptors (Lipinski definition) is 5. The van der Waals surface area contributed by atoms with E-state index in [1.165, 1.54) is 26.4 Å². The zero-order chi connectivity index (χ0) is 14.2. The number of nitro groups is 1. The molecule has 1 aliphatic carbocycles. The second kappa shape index (κ2) is 4.72. The summed E-state index contributed by atoms with van der Waals surface area (Å²) in [4.78, 5) is 22.2. The van der Waals surface area contributed by atoms with Gasteiger partial charge in [0, 0.05) is 17.5 Å². The molecule has 0 spiro atoms. The Kier molecular flexibility index (Phi) is 3.25. The lowest BCUT2D eigenvalue weighted by atomic mass is 9.89. The maximum atomic E-state index is 11.6. The molecule has 100 valence electrons. The van der Waals surface area contributed by atoms with Crippen molar-refractivity contribution in [1.82, 2.24) is 0 Å². The molecule has 0 aromatic heterocycles. The molecule has 0 heterocycles. The smallest absolute Gasteiger partial charge is 0.315 e. The molecule has 0 atom stereocenters. The maximum Gasteiger partial charge on any atom is 0.315 e. The fourth-order valence-corrected chi connectivity index (χ4v) is 2.32. The highest BCUT2D eigenvalue weighted by Crippen LogP contribution is 2.44. The number of carbonyl (C=O) groups excluding carboxylic acids is 1. The molecule has 0 amide bonds. The number of benzene rings is 1. The van der Waals surface area contributed by atoms with Gasteiger partial charge in [-0.15, -0.1) is 0 Å². The number of nitro benzene ring substituents is 1. The van der Waals surface area contributed by atoms with Crippen LogP contribution in [0.3, 0.4) is 0 Å². The van der Waals surface area contributed by atoms with Crippen molar-refractivity contribution >= 4 is 17.0 Å². The molecular formula is C13H13NO5. The van der Waals surface area contributed by atoms with Gasteiger partial charge in [0.15, 0.2) is 5.78 Å². The summed E-state index contributed by atoms with van der Waals surface area (Å²) in [6, 6.07) is 1.30. The van der Waals surface area contributed by atoms with Crippen LogP contribution in [0, 0.1) is 10.1 Å². The van der Waals surface area contributed by atoms with E-state index in [9.17, 15) is 14.9 Å². The monoisotopic (exact) mass is 263 g/mol. The maximum absolute atomic E-state index is 11.6. The highest BCUT2D eigenvalue weighted by atomic mass is 16.6. The van der Waals surface area contributed by atoms with Gasteiger partial charge in [0.1, 0.15) is 5.75 Å². The Morgan fingerprint density at radius 2 is 2.00 bits per heavy atom. The quantitative estimate of drug-likeness (QED) is 0.616. The zero-order valence-electron chi connectivity index (χ0n) is 10.9. The lowest BCUT2D eigenvalue weighted by Crippen LogP contribution is -2.12. The van der Waals surface area contributed by atoms with Crippen molar-refractivity contribution in [3.8, 4) is 11.5 Å². The summed E-state index contributed by atoms with van der Waals surface area (Å²) in [5, 5.41) is 11.1. The van der Waals surface area contributed by atoms with Crippen molar-refractivity contribution in [3.63, 3.8) is 0 Å². The predicted molar refractivity (Wildman–Crippen MR) is 68.6 cm³/mol. The van der Waals surface area contributed by atoms with Crippen LogP contribution in [0.25, 0.3) is 5.57 Å². The highest BCUT2D eigenvalue weighted by Gasteiger charge is 2.30. The molecule has 0 N–H and O–H groups in total. The van der Waals surface area contributed by atoms with Gasteiger partial charge in [-0.1, -0.05) is 0 Å². The topological polar surface area (TPSA) is 78.7 Å². The van der Waals surface area contributed by atoms with Crippen molar-refractivity contribution < 1.29 is 19.2 Å². The standard InChI is InChI=1S/C13H13NO5/c1-7-4-8(15)5-9-11(18-2)6-10(14(16)17)13(19-3)12(7)9/h4,6H,5H2,1-3H3. The Bertz CT molecular complexity index is 604. The molecule has 6 heteroatoms. The molecule has 19 heavy (non-hydrogen) atoms. The number of ether oxygens (including phenoxy) is 2. The van der Waals surface area contributed by atoms with Crippen LogP contribution in [0.4, 0.5) is 5.69 Å². The normalized spacial score (nSPS) is 13.6. The lowest BCUT2D eigenvalue weighted by molar-refractivity contribution is -0.385. The third kappa shape index (κ3) is 2.05. The minimum atomic E-state index is -0.522. The summed E-state index contributed by atoms with van der Waals surface area (Å²) in [7, 11) is 2.79. The molecular weight excluding hydrogens is 250 g/mol. The fourth-order valence-electron chi connectivity index (χ4n) is 2.32. The predicted octanol–water partition coefficient (Wildman–Crippen LogP) is 2.14. The van der Waals surface area contributed by atoms with Crippen molar-refractivity contribution in [3.05, 3.63) is 33.4 Å². The first-order valence-corrected chi connectivity index (χ1v) is 5.63. The summed E-state index contributed by atoms with van der Waals surface area (Å²) >= 11 is 0. The third-order valence-electron chi connectivity index (χ3n) is 3.07. The SMILES string of the molecule is COc1cc([N+](=O)[O-])c(OC)c2c1CC(=O)C=C2C. The summed E-state index contributed by atoms with van der Waals surface area (Å²) in [5.41, 5.74) is 1.69. The van der Waals surface area contributed by atoms with Crippen LogP contribution in [0.2, 0.25) is 0 Å². The summed E-state index contributed by atoms with van der Waals surface area (Å²) in [6.45, 7) is 1.72. The van der Waals surface area contributed by atoms with E-state index in [4.69, 9.17) is 9.47 Å². The largest absolute Gasteiger partial charge is 0.496 e. The van der Waals surface area contributed by atoms with Crippen LogP contribution in [0.5, 0.6) is 11.5 Å². The van der Waals surface area contributed by atoms with Crippen molar-refractivity contribution in [2.24, 2.45) is 0 Å². The van der Waals surface area contributed by atoms with Gasteiger partial charge in [-0.2, -0.15) is 0 Å². The molecule has 0 unspecified atom stereocenters. The molecule has 6 nitrogen and oxygen atoms in total. The minimum absolute atomic E-state index is 0.0563. The van der Waals surface area contributed by atoms with Gasteiger partial charge < -0.3 is 9.47 Å². The number of carbonyl (C=O) groups is 1. The van der Waals surface area contributed by atoms with E-state index >= 15 is 0 Å². The van der Waals surface area contributed by atoms with E-state index in [0.717, 1.165) is 0 Å². The van der Waals surface area contributed by atoms with E-state index in [1.807, 2.05) is 0 Å². The number of fused-ring (bicyclic) bond motifs is 1. The van der Waals surface area contributed by atoms with Gasteiger partial charge in [-0.3, -0.25) is 14.9 Å². The Morgan fingerprint density at radius 1 is 1.32 bits per heavy atom. The molecule has 2 rings (SSSR count). The highest BCUT2D eigenvalue weighted by molar-refractivity contribution is 6.03. The number of methoxy groups -OCH3 is 2. The van der Waals surface area contributed by atoms with E-state index in [-0.39, 0.29) is 23.6 Å². The van der Waals surface area contributed by atoms with Gasteiger partial charge in [0.05, 0.1) is 25.2 Å². The van der Waals surface area contributed by atoms with Gasteiger partial charge in [0.25, 0.3) is 0 Å². The second-order valence-electron chi connectivity index (χ2n) is 4.21. The van der Waals surface area contributed by atoms with Crippen molar-refractivity contribution in [2.45, 2.75) is 13.3 Å². The Labute approximate surface area is 109 Å². The van der Waals surface area contributed by atoms with Crippen molar-refractivity contribution in [1.29, 1.82) is 0 Å². The molecule has 0 radical (unpaired) electrons. The first-order valence-electron chi connectivity index (χ1n) is 5.63. The molecule has 0 fully saturated rings. The molecule has 0 bridgehead atoms. The van der Waals surface area contributed by atoms with E-state index in [0.29, 0.717) is 22.4 Å². The van der Waals surface area contributed by atoms with Gasteiger partial charge >= 0.3 is 5.69 Å². The van der Waals surface area contributed by atoms with Crippen molar-refractivity contribution in [2.75, 3.05) is 14.2 Å². The molecule has 0 aliphatic heterocycles. The third-order valence-corrected chi connectivity index (χ3v) is 3.07. The van der Waals surface area contributed by atoms with Crippen LogP contribution < -0.4 is 9.47 Å².